The number of hydrogen-bond donors (Lipinski definition) is 1. The number of hydrogen-bond acceptors (Lipinski definition) is 7. The summed E-state index contributed by atoms with van der Waals surface area (Å²) in [7, 11) is 8.61. The zero-order chi connectivity index (χ0) is 19.4. The van der Waals surface area contributed by atoms with Crippen LogP contribution in [-0.2, 0) is 9.53 Å². The Morgan fingerprint density at radius 3 is 2.31 bits per heavy atom. The lowest BCUT2D eigenvalue weighted by Gasteiger charge is -2.15. The van der Waals surface area contributed by atoms with Crippen LogP contribution in [0, 0.1) is 0 Å². The van der Waals surface area contributed by atoms with Gasteiger partial charge in [-0.1, -0.05) is 0 Å². The highest BCUT2D eigenvalue weighted by atomic mass is 16.5. The van der Waals surface area contributed by atoms with E-state index in [-0.39, 0.29) is 5.97 Å². The summed E-state index contributed by atoms with van der Waals surface area (Å²) in [5.41, 5.74) is 0.753. The largest absolute Gasteiger partial charge is 0.493 e. The maximum Gasteiger partial charge on any atom is 0.330 e. The van der Waals surface area contributed by atoms with Crippen molar-refractivity contribution in [2.24, 2.45) is 0 Å². The SMILES string of the molecule is CNCCN(C)CCCOC(=O)/C=C/c1cc(OC)c(OC)c(OC)c1. The van der Waals surface area contributed by atoms with Gasteiger partial charge in [-0.3, -0.25) is 0 Å². The third-order valence-electron chi connectivity index (χ3n) is 3.77. The summed E-state index contributed by atoms with van der Waals surface area (Å²) < 4.78 is 21.1. The van der Waals surface area contributed by atoms with E-state index in [1.165, 1.54) is 6.08 Å². The first-order valence-corrected chi connectivity index (χ1v) is 8.53. The summed E-state index contributed by atoms with van der Waals surface area (Å²) in [4.78, 5) is 14.0. The molecule has 0 heterocycles. The fourth-order valence-corrected chi connectivity index (χ4v) is 2.33. The van der Waals surface area contributed by atoms with Crippen LogP contribution in [0.2, 0.25) is 0 Å². The van der Waals surface area contributed by atoms with E-state index in [1.54, 1.807) is 39.5 Å². The van der Waals surface area contributed by atoms with Gasteiger partial charge in [-0.15, -0.1) is 0 Å². The molecule has 1 aromatic carbocycles. The first-order valence-electron chi connectivity index (χ1n) is 8.53. The Hall–Kier alpha value is -2.25. The second-order valence-electron chi connectivity index (χ2n) is 5.72. The Bertz CT molecular complexity index is 564. The summed E-state index contributed by atoms with van der Waals surface area (Å²) >= 11 is 0. The lowest BCUT2D eigenvalue weighted by atomic mass is 10.1. The zero-order valence-electron chi connectivity index (χ0n) is 16.3. The van der Waals surface area contributed by atoms with Crippen LogP contribution in [0.3, 0.4) is 0 Å². The molecule has 0 aliphatic carbocycles. The third-order valence-corrected chi connectivity index (χ3v) is 3.77. The lowest BCUT2D eigenvalue weighted by Crippen LogP contribution is -2.28. The van der Waals surface area contributed by atoms with Crippen molar-refractivity contribution in [1.29, 1.82) is 0 Å². The number of benzene rings is 1. The molecule has 0 saturated carbocycles. The van der Waals surface area contributed by atoms with Gasteiger partial charge in [-0.25, -0.2) is 4.79 Å². The number of ether oxygens (including phenoxy) is 4. The summed E-state index contributed by atoms with van der Waals surface area (Å²) in [5, 5.41) is 3.10. The van der Waals surface area contributed by atoms with Crippen LogP contribution in [0.4, 0.5) is 0 Å². The molecule has 0 aliphatic heterocycles. The van der Waals surface area contributed by atoms with E-state index < -0.39 is 0 Å². The van der Waals surface area contributed by atoms with Crippen LogP contribution in [0.5, 0.6) is 17.2 Å². The number of nitrogens with zero attached hydrogens (tertiary/aromatic N) is 1. The Balaban J connectivity index is 2.52. The van der Waals surface area contributed by atoms with Gasteiger partial charge in [0.2, 0.25) is 5.75 Å². The molecular weight excluding hydrogens is 336 g/mol. The highest BCUT2D eigenvalue weighted by Gasteiger charge is 2.12. The van der Waals surface area contributed by atoms with Crippen molar-refractivity contribution in [3.63, 3.8) is 0 Å². The Morgan fingerprint density at radius 1 is 1.12 bits per heavy atom. The van der Waals surface area contributed by atoms with E-state index in [1.807, 2.05) is 14.1 Å². The average molecular weight is 366 g/mol. The Morgan fingerprint density at radius 2 is 1.77 bits per heavy atom. The van der Waals surface area contributed by atoms with Crippen LogP contribution in [0.25, 0.3) is 6.08 Å². The van der Waals surface area contributed by atoms with Crippen molar-refractivity contribution < 1.29 is 23.7 Å². The van der Waals surface area contributed by atoms with Gasteiger partial charge in [0.15, 0.2) is 11.5 Å². The molecule has 7 nitrogen and oxygen atoms in total. The molecule has 0 atom stereocenters. The van der Waals surface area contributed by atoms with Gasteiger partial charge in [0.05, 0.1) is 27.9 Å². The molecule has 0 fully saturated rings. The summed E-state index contributed by atoms with van der Waals surface area (Å²) in [6, 6.07) is 3.53. The predicted octanol–water partition coefficient (Wildman–Crippen LogP) is 1.81. The Kier molecular flexibility index (Phi) is 10.2. The topological polar surface area (TPSA) is 69.3 Å². The molecule has 0 aliphatic rings. The van der Waals surface area contributed by atoms with Gasteiger partial charge in [0.1, 0.15) is 0 Å². The number of likely N-dealkylation sites (N-methyl/N-ethyl adjacent to an activating group) is 2. The molecule has 0 aromatic heterocycles. The van der Waals surface area contributed by atoms with E-state index in [2.05, 4.69) is 10.2 Å². The average Bonchev–Trinajstić information content (AvgIpc) is 2.66. The van der Waals surface area contributed by atoms with E-state index in [4.69, 9.17) is 18.9 Å². The molecule has 0 amide bonds. The molecule has 1 N–H and O–H groups in total. The van der Waals surface area contributed by atoms with E-state index in [0.29, 0.717) is 23.9 Å². The maximum absolute atomic E-state index is 11.8. The normalized spacial score (nSPS) is 11.0. The van der Waals surface area contributed by atoms with E-state index in [9.17, 15) is 4.79 Å². The van der Waals surface area contributed by atoms with Crippen LogP contribution in [0.1, 0.15) is 12.0 Å². The molecule has 0 unspecified atom stereocenters. The second kappa shape index (κ2) is 12.2. The van der Waals surface area contributed by atoms with Gasteiger partial charge in [-0.2, -0.15) is 0 Å². The third kappa shape index (κ3) is 7.33. The molecule has 0 saturated heterocycles. The maximum atomic E-state index is 11.8. The van der Waals surface area contributed by atoms with Gasteiger partial charge < -0.3 is 29.2 Å². The molecule has 1 aromatic rings. The van der Waals surface area contributed by atoms with Gasteiger partial charge in [0.25, 0.3) is 0 Å². The number of carbonyl (C=O) groups excluding carboxylic acids is 1. The number of methoxy groups -OCH3 is 3. The number of nitrogens with one attached hydrogen (secondary N) is 1. The van der Waals surface area contributed by atoms with Gasteiger partial charge in [-0.05, 0) is 44.3 Å². The van der Waals surface area contributed by atoms with Crippen molar-refractivity contribution in [3.8, 4) is 17.2 Å². The second-order valence-corrected chi connectivity index (χ2v) is 5.72. The molecule has 1 rings (SSSR count). The molecule has 0 spiro atoms. The van der Waals surface area contributed by atoms with Crippen molar-refractivity contribution in [2.75, 3.05) is 61.7 Å². The summed E-state index contributed by atoms with van der Waals surface area (Å²) in [5.74, 6) is 1.20. The highest BCUT2D eigenvalue weighted by Crippen LogP contribution is 2.38. The first-order chi connectivity index (χ1) is 12.5. The summed E-state index contributed by atoms with van der Waals surface area (Å²) in [6.45, 7) is 3.17. The van der Waals surface area contributed by atoms with Crippen LogP contribution in [0.15, 0.2) is 18.2 Å². The van der Waals surface area contributed by atoms with Crippen molar-refractivity contribution in [2.45, 2.75) is 6.42 Å². The molecule has 0 radical (unpaired) electrons. The van der Waals surface area contributed by atoms with Crippen LogP contribution < -0.4 is 19.5 Å². The number of rotatable bonds is 12. The van der Waals surface area contributed by atoms with Crippen molar-refractivity contribution in [3.05, 3.63) is 23.8 Å². The molecule has 7 heteroatoms. The lowest BCUT2D eigenvalue weighted by molar-refractivity contribution is -0.137. The number of carbonyl (C=O) groups is 1. The smallest absolute Gasteiger partial charge is 0.330 e. The fourth-order valence-electron chi connectivity index (χ4n) is 2.33. The predicted molar refractivity (Wildman–Crippen MR) is 102 cm³/mol. The monoisotopic (exact) mass is 366 g/mol. The molecule has 0 bridgehead atoms. The van der Waals surface area contributed by atoms with E-state index >= 15 is 0 Å². The van der Waals surface area contributed by atoms with Gasteiger partial charge in [0, 0.05) is 25.7 Å². The molecule has 26 heavy (non-hydrogen) atoms. The minimum Gasteiger partial charge on any atom is -0.493 e. The zero-order valence-corrected chi connectivity index (χ0v) is 16.3. The standard InChI is InChI=1S/C19H30N2O5/c1-20-9-11-21(2)10-6-12-26-18(22)8-7-15-13-16(23-3)19(25-5)17(14-15)24-4/h7-8,13-14,20H,6,9-12H2,1-5H3/b8-7+. The quantitative estimate of drug-likeness (QED) is 0.344. The van der Waals surface area contributed by atoms with Crippen molar-refractivity contribution in [1.82, 2.24) is 10.2 Å². The van der Waals surface area contributed by atoms with Crippen LogP contribution >= 0.6 is 0 Å². The highest BCUT2D eigenvalue weighted by molar-refractivity contribution is 5.87. The van der Waals surface area contributed by atoms with Crippen LogP contribution in [-0.4, -0.2) is 72.5 Å². The minimum atomic E-state index is -0.378. The van der Waals surface area contributed by atoms with E-state index in [0.717, 1.165) is 31.6 Å². The number of esters is 1. The minimum absolute atomic E-state index is 0.378. The first kappa shape index (κ1) is 21.8. The fraction of sp³-hybridized carbons (Fsp3) is 0.526. The molecule has 146 valence electrons. The molecular formula is C19H30N2O5. The van der Waals surface area contributed by atoms with Gasteiger partial charge >= 0.3 is 5.97 Å². The summed E-state index contributed by atoms with van der Waals surface area (Å²) in [6.07, 6.45) is 3.85. The Labute approximate surface area is 155 Å². The van der Waals surface area contributed by atoms with Crippen molar-refractivity contribution >= 4 is 12.0 Å².